The molecule has 0 saturated carbocycles. The summed E-state index contributed by atoms with van der Waals surface area (Å²) in [6.07, 6.45) is 1.06. The van der Waals surface area contributed by atoms with Gasteiger partial charge in [0.05, 0.1) is 45.3 Å². The first-order valence-corrected chi connectivity index (χ1v) is 11.4. The summed E-state index contributed by atoms with van der Waals surface area (Å²) in [5.41, 5.74) is 3.27. The van der Waals surface area contributed by atoms with Crippen LogP contribution in [0.2, 0.25) is 0 Å². The number of ketones is 1. The lowest BCUT2D eigenvalue weighted by Gasteiger charge is -2.33. The highest BCUT2D eigenvalue weighted by atomic mass is 16.2. The number of amides is 1. The maximum Gasteiger partial charge on any atom is 0.275 e. The van der Waals surface area contributed by atoms with Gasteiger partial charge in [0.15, 0.2) is 12.3 Å². The lowest BCUT2D eigenvalue weighted by Crippen LogP contribution is -3.16. The fraction of sp³-hybridized carbons (Fsp3) is 0.440. The Morgan fingerprint density at radius 1 is 0.968 bits per heavy atom. The third-order valence-corrected chi connectivity index (χ3v) is 6.56. The predicted octanol–water partition coefficient (Wildman–Crippen LogP) is -0.432. The Labute approximate surface area is 184 Å². The summed E-state index contributed by atoms with van der Waals surface area (Å²) in [5.74, 6) is 0.277. The van der Waals surface area contributed by atoms with Crippen LogP contribution in [0.25, 0.3) is 0 Å². The molecule has 0 aliphatic carbocycles. The molecule has 6 nitrogen and oxygen atoms in total. The average Bonchev–Trinajstić information content (AvgIpc) is 3.21. The van der Waals surface area contributed by atoms with Crippen LogP contribution in [-0.4, -0.2) is 63.5 Å². The monoisotopic (exact) mass is 422 g/mol. The Bertz CT molecular complexity index is 876. The van der Waals surface area contributed by atoms with Gasteiger partial charge in [0.25, 0.3) is 5.91 Å². The number of piperazine rings is 1. The molecule has 2 aliphatic heterocycles. The molecule has 1 unspecified atom stereocenters. The SMILES string of the molecule is CC(=O)c1ccc(N2CC[NH+](CC(=O)N[C@@H]3CC[NH+](Cc4ccccc4)C3)CC2)cc1. The zero-order chi connectivity index (χ0) is 21.6. The second kappa shape index (κ2) is 10.1. The van der Waals surface area contributed by atoms with E-state index in [0.29, 0.717) is 12.6 Å². The Kier molecular flexibility index (Phi) is 6.99. The Balaban J connectivity index is 1.18. The van der Waals surface area contributed by atoms with E-state index in [1.807, 2.05) is 24.3 Å². The van der Waals surface area contributed by atoms with E-state index in [9.17, 15) is 9.59 Å². The highest BCUT2D eigenvalue weighted by Crippen LogP contribution is 2.15. The molecule has 3 N–H and O–H groups in total. The fourth-order valence-electron chi connectivity index (χ4n) is 4.77. The summed E-state index contributed by atoms with van der Waals surface area (Å²) >= 11 is 0. The minimum atomic E-state index is 0.0962. The van der Waals surface area contributed by atoms with Crippen molar-refractivity contribution in [1.82, 2.24) is 5.32 Å². The van der Waals surface area contributed by atoms with Crippen molar-refractivity contribution in [3.8, 4) is 0 Å². The van der Waals surface area contributed by atoms with Crippen molar-refractivity contribution in [2.75, 3.05) is 50.7 Å². The van der Waals surface area contributed by atoms with Gasteiger partial charge in [-0.15, -0.1) is 0 Å². The number of anilines is 1. The second-order valence-corrected chi connectivity index (χ2v) is 8.94. The van der Waals surface area contributed by atoms with Crippen molar-refractivity contribution in [2.45, 2.75) is 25.9 Å². The molecule has 6 heteroatoms. The van der Waals surface area contributed by atoms with E-state index in [4.69, 9.17) is 0 Å². The summed E-state index contributed by atoms with van der Waals surface area (Å²) in [6, 6.07) is 18.7. The third kappa shape index (κ3) is 5.93. The predicted molar refractivity (Wildman–Crippen MR) is 122 cm³/mol. The average molecular weight is 423 g/mol. The first-order valence-electron chi connectivity index (χ1n) is 11.4. The Morgan fingerprint density at radius 3 is 2.35 bits per heavy atom. The minimum absolute atomic E-state index is 0.0962. The molecular weight excluding hydrogens is 388 g/mol. The molecule has 2 fully saturated rings. The molecule has 1 amide bonds. The summed E-state index contributed by atoms with van der Waals surface area (Å²) in [5, 5.41) is 3.28. The van der Waals surface area contributed by atoms with Crippen LogP contribution in [0.5, 0.6) is 0 Å². The van der Waals surface area contributed by atoms with Gasteiger partial charge in [-0.25, -0.2) is 0 Å². The second-order valence-electron chi connectivity index (χ2n) is 8.94. The van der Waals surface area contributed by atoms with Crippen LogP contribution in [0.15, 0.2) is 54.6 Å². The summed E-state index contributed by atoms with van der Waals surface area (Å²) in [4.78, 5) is 29.3. The molecule has 2 saturated heterocycles. The van der Waals surface area contributed by atoms with E-state index in [1.165, 1.54) is 10.5 Å². The molecule has 31 heavy (non-hydrogen) atoms. The number of hydrogen-bond acceptors (Lipinski definition) is 3. The quantitative estimate of drug-likeness (QED) is 0.531. The lowest BCUT2D eigenvalue weighted by molar-refractivity contribution is -0.901. The van der Waals surface area contributed by atoms with E-state index < -0.39 is 0 Å². The van der Waals surface area contributed by atoms with Gasteiger partial charge in [-0.3, -0.25) is 9.59 Å². The van der Waals surface area contributed by atoms with Crippen molar-refractivity contribution in [3.05, 3.63) is 65.7 Å². The number of nitrogens with zero attached hydrogens (tertiary/aromatic N) is 1. The van der Waals surface area contributed by atoms with Crippen molar-refractivity contribution < 1.29 is 19.4 Å². The number of nitrogens with one attached hydrogen (secondary N) is 3. The topological polar surface area (TPSA) is 58.3 Å². The summed E-state index contributed by atoms with van der Waals surface area (Å²) < 4.78 is 0. The van der Waals surface area contributed by atoms with Crippen LogP contribution >= 0.6 is 0 Å². The highest BCUT2D eigenvalue weighted by molar-refractivity contribution is 5.94. The number of carbonyl (C=O) groups excluding carboxylic acids is 2. The summed E-state index contributed by atoms with van der Waals surface area (Å²) in [6.45, 7) is 9.09. The largest absolute Gasteiger partial charge is 0.360 e. The summed E-state index contributed by atoms with van der Waals surface area (Å²) in [7, 11) is 0. The molecule has 0 spiro atoms. The van der Waals surface area contributed by atoms with Gasteiger partial charge in [0.2, 0.25) is 0 Å². The van der Waals surface area contributed by atoms with E-state index in [2.05, 4.69) is 40.5 Å². The fourth-order valence-corrected chi connectivity index (χ4v) is 4.77. The van der Waals surface area contributed by atoms with Crippen LogP contribution in [0, 0.1) is 0 Å². The molecule has 0 bridgehead atoms. The number of Topliss-reactive ketones (excluding diaryl/α,β-unsaturated/α-hetero) is 1. The van der Waals surface area contributed by atoms with Gasteiger partial charge in [-0.05, 0) is 31.2 Å². The molecule has 2 aromatic carbocycles. The van der Waals surface area contributed by atoms with Crippen molar-refractivity contribution in [2.24, 2.45) is 0 Å². The molecule has 2 aromatic rings. The van der Waals surface area contributed by atoms with E-state index in [0.717, 1.165) is 63.5 Å². The zero-order valence-corrected chi connectivity index (χ0v) is 18.4. The molecule has 164 valence electrons. The van der Waals surface area contributed by atoms with Gasteiger partial charge in [0.1, 0.15) is 6.54 Å². The number of carbonyl (C=O) groups is 2. The third-order valence-electron chi connectivity index (χ3n) is 6.56. The molecule has 2 atom stereocenters. The Hall–Kier alpha value is -2.70. The van der Waals surface area contributed by atoms with E-state index >= 15 is 0 Å². The standard InChI is InChI=1S/C25H32N4O2/c1-20(30)22-7-9-24(10-8-22)29-15-13-27(14-16-29)19-25(31)26-23-11-12-28(18-23)17-21-5-3-2-4-6-21/h2-10,23H,11-19H2,1H3,(H,26,31)/p+2/t23-/m1/s1. The van der Waals surface area contributed by atoms with Gasteiger partial charge >= 0.3 is 0 Å². The van der Waals surface area contributed by atoms with Crippen LogP contribution in [0.3, 0.4) is 0 Å². The van der Waals surface area contributed by atoms with Gasteiger partial charge in [-0.2, -0.15) is 0 Å². The van der Waals surface area contributed by atoms with E-state index in [1.54, 1.807) is 11.8 Å². The van der Waals surface area contributed by atoms with Gasteiger partial charge < -0.3 is 20.0 Å². The van der Waals surface area contributed by atoms with Crippen molar-refractivity contribution >= 4 is 17.4 Å². The number of benzene rings is 2. The minimum Gasteiger partial charge on any atom is -0.360 e. The van der Waals surface area contributed by atoms with Crippen molar-refractivity contribution in [1.29, 1.82) is 0 Å². The maximum absolute atomic E-state index is 12.6. The van der Waals surface area contributed by atoms with Crippen molar-refractivity contribution in [3.63, 3.8) is 0 Å². The molecule has 4 rings (SSSR count). The molecular formula is C25H34N4O2+2. The number of likely N-dealkylation sites (tertiary alicyclic amines) is 1. The van der Waals surface area contributed by atoms with Crippen LogP contribution in [-0.2, 0) is 11.3 Å². The van der Waals surface area contributed by atoms with Gasteiger partial charge in [-0.1, -0.05) is 30.3 Å². The maximum atomic E-state index is 12.6. The lowest BCUT2D eigenvalue weighted by atomic mass is 10.1. The first kappa shape index (κ1) is 21.5. The molecule has 2 aliphatic rings. The number of quaternary nitrogens is 2. The van der Waals surface area contributed by atoms with Crippen LogP contribution in [0.1, 0.15) is 29.3 Å². The smallest absolute Gasteiger partial charge is 0.275 e. The number of rotatable bonds is 7. The van der Waals surface area contributed by atoms with E-state index in [-0.39, 0.29) is 11.7 Å². The molecule has 2 heterocycles. The molecule has 0 aromatic heterocycles. The first-order chi connectivity index (χ1) is 15.1. The highest BCUT2D eigenvalue weighted by Gasteiger charge is 2.29. The van der Waals surface area contributed by atoms with Crippen LogP contribution in [0.4, 0.5) is 5.69 Å². The Morgan fingerprint density at radius 2 is 1.68 bits per heavy atom. The van der Waals surface area contributed by atoms with Gasteiger partial charge in [0, 0.05) is 23.2 Å². The number of hydrogen-bond donors (Lipinski definition) is 3. The van der Waals surface area contributed by atoms with Crippen LogP contribution < -0.4 is 20.0 Å². The normalized spacial score (nSPS) is 21.8. The molecule has 0 radical (unpaired) electrons. The zero-order valence-electron chi connectivity index (χ0n) is 18.4.